The SMILES string of the molecule is Cc1ccc(NC(=O)COC(=O)c2ccc(N3C(=O)[C@@H]4CC=CC[C@H]4C3=O)cc2)cc1. The monoisotopic (exact) mass is 418 g/mol. The quantitative estimate of drug-likeness (QED) is 0.457. The van der Waals surface area contributed by atoms with Crippen molar-refractivity contribution in [3.63, 3.8) is 0 Å². The number of hydrogen-bond donors (Lipinski definition) is 1. The van der Waals surface area contributed by atoms with Crippen molar-refractivity contribution < 1.29 is 23.9 Å². The molecule has 1 N–H and O–H groups in total. The minimum Gasteiger partial charge on any atom is -0.452 e. The van der Waals surface area contributed by atoms with Crippen molar-refractivity contribution in [2.24, 2.45) is 11.8 Å². The molecule has 1 aliphatic carbocycles. The minimum absolute atomic E-state index is 0.206. The van der Waals surface area contributed by atoms with Crippen LogP contribution < -0.4 is 10.2 Å². The van der Waals surface area contributed by atoms with Gasteiger partial charge in [0.05, 0.1) is 23.1 Å². The summed E-state index contributed by atoms with van der Waals surface area (Å²) in [6.45, 7) is 1.52. The van der Waals surface area contributed by atoms with Gasteiger partial charge in [0.15, 0.2) is 6.61 Å². The molecule has 0 bridgehead atoms. The summed E-state index contributed by atoms with van der Waals surface area (Å²) in [6, 6.07) is 13.3. The Bertz CT molecular complexity index is 1030. The Morgan fingerprint density at radius 3 is 2.10 bits per heavy atom. The molecule has 7 heteroatoms. The van der Waals surface area contributed by atoms with E-state index in [1.807, 2.05) is 31.2 Å². The van der Waals surface area contributed by atoms with E-state index in [0.717, 1.165) is 5.56 Å². The van der Waals surface area contributed by atoms with E-state index in [1.54, 1.807) is 24.3 Å². The van der Waals surface area contributed by atoms with Crippen molar-refractivity contribution in [3.8, 4) is 0 Å². The molecule has 1 aliphatic heterocycles. The van der Waals surface area contributed by atoms with Crippen molar-refractivity contribution in [2.75, 3.05) is 16.8 Å². The largest absolute Gasteiger partial charge is 0.452 e. The molecule has 1 heterocycles. The molecule has 0 unspecified atom stereocenters. The lowest BCUT2D eigenvalue weighted by molar-refractivity contribution is -0.122. The van der Waals surface area contributed by atoms with Crippen LogP contribution in [0.15, 0.2) is 60.7 Å². The third-order valence-electron chi connectivity index (χ3n) is 5.54. The Hall–Kier alpha value is -3.74. The molecule has 0 radical (unpaired) electrons. The fourth-order valence-corrected chi connectivity index (χ4v) is 3.85. The first kappa shape index (κ1) is 20.5. The summed E-state index contributed by atoms with van der Waals surface area (Å²) in [5, 5.41) is 2.65. The van der Waals surface area contributed by atoms with Crippen LogP contribution in [-0.4, -0.2) is 30.3 Å². The molecule has 0 saturated carbocycles. The van der Waals surface area contributed by atoms with Crippen molar-refractivity contribution in [1.82, 2.24) is 0 Å². The molecule has 1 fully saturated rings. The zero-order valence-electron chi connectivity index (χ0n) is 17.0. The van der Waals surface area contributed by atoms with E-state index >= 15 is 0 Å². The first-order chi connectivity index (χ1) is 14.9. The molecular formula is C24H22N2O5. The van der Waals surface area contributed by atoms with E-state index in [0.29, 0.717) is 24.2 Å². The number of ether oxygens (including phenoxy) is 1. The predicted molar refractivity (Wildman–Crippen MR) is 114 cm³/mol. The zero-order chi connectivity index (χ0) is 22.0. The average Bonchev–Trinajstić information content (AvgIpc) is 3.04. The van der Waals surface area contributed by atoms with Crippen LogP contribution in [0.2, 0.25) is 0 Å². The lowest BCUT2D eigenvalue weighted by Gasteiger charge is -2.15. The smallest absolute Gasteiger partial charge is 0.338 e. The van der Waals surface area contributed by atoms with E-state index in [1.165, 1.54) is 17.0 Å². The molecule has 3 amide bonds. The van der Waals surface area contributed by atoms with Gasteiger partial charge >= 0.3 is 5.97 Å². The molecule has 2 atom stereocenters. The van der Waals surface area contributed by atoms with Crippen molar-refractivity contribution in [2.45, 2.75) is 19.8 Å². The number of fused-ring (bicyclic) bond motifs is 1. The Kier molecular flexibility index (Phi) is 5.66. The fourth-order valence-electron chi connectivity index (χ4n) is 3.85. The molecule has 0 aromatic heterocycles. The molecule has 0 spiro atoms. The molecule has 1 saturated heterocycles. The van der Waals surface area contributed by atoms with Crippen molar-refractivity contribution >= 4 is 35.1 Å². The summed E-state index contributed by atoms with van der Waals surface area (Å²) in [4.78, 5) is 50.7. The van der Waals surface area contributed by atoms with Crippen LogP contribution in [0.5, 0.6) is 0 Å². The predicted octanol–water partition coefficient (Wildman–Crippen LogP) is 3.25. The Labute approximate surface area is 179 Å². The Balaban J connectivity index is 1.35. The zero-order valence-corrected chi connectivity index (χ0v) is 17.0. The summed E-state index contributed by atoms with van der Waals surface area (Å²) >= 11 is 0. The Morgan fingerprint density at radius 1 is 0.935 bits per heavy atom. The van der Waals surface area contributed by atoms with Crippen LogP contribution in [0.3, 0.4) is 0 Å². The first-order valence-electron chi connectivity index (χ1n) is 10.1. The van der Waals surface area contributed by atoms with Gasteiger partial charge in [-0.3, -0.25) is 19.3 Å². The van der Waals surface area contributed by atoms with Gasteiger partial charge in [-0.15, -0.1) is 0 Å². The van der Waals surface area contributed by atoms with E-state index < -0.39 is 18.5 Å². The van der Waals surface area contributed by atoms with Crippen LogP contribution in [0.1, 0.15) is 28.8 Å². The molecule has 2 aliphatic rings. The van der Waals surface area contributed by atoms with Crippen molar-refractivity contribution in [1.29, 1.82) is 0 Å². The summed E-state index contributed by atoms with van der Waals surface area (Å²) in [6.07, 6.45) is 5.01. The maximum atomic E-state index is 12.7. The van der Waals surface area contributed by atoms with E-state index in [4.69, 9.17) is 4.74 Å². The number of amides is 3. The van der Waals surface area contributed by atoms with Gasteiger partial charge in [-0.05, 0) is 56.2 Å². The highest BCUT2D eigenvalue weighted by molar-refractivity contribution is 6.22. The van der Waals surface area contributed by atoms with Gasteiger partial charge < -0.3 is 10.1 Å². The molecule has 7 nitrogen and oxygen atoms in total. The van der Waals surface area contributed by atoms with E-state index in [9.17, 15) is 19.2 Å². The molecule has 31 heavy (non-hydrogen) atoms. The fraction of sp³-hybridized carbons (Fsp3) is 0.250. The lowest BCUT2D eigenvalue weighted by Crippen LogP contribution is -2.30. The summed E-state index contributed by atoms with van der Waals surface area (Å²) in [5.74, 6) is -2.14. The van der Waals surface area contributed by atoms with Crippen molar-refractivity contribution in [3.05, 3.63) is 71.8 Å². The van der Waals surface area contributed by atoms with Crippen LogP contribution in [-0.2, 0) is 19.1 Å². The maximum Gasteiger partial charge on any atom is 0.338 e. The number of imide groups is 1. The second kappa shape index (κ2) is 8.55. The average molecular weight is 418 g/mol. The van der Waals surface area contributed by atoms with Gasteiger partial charge in [0.25, 0.3) is 5.91 Å². The minimum atomic E-state index is -0.664. The molecular weight excluding hydrogens is 396 g/mol. The molecule has 2 aromatic carbocycles. The van der Waals surface area contributed by atoms with E-state index in [-0.39, 0.29) is 29.2 Å². The Morgan fingerprint density at radius 2 is 1.52 bits per heavy atom. The number of aryl methyl sites for hydroxylation is 1. The molecule has 2 aromatic rings. The van der Waals surface area contributed by atoms with Crippen LogP contribution >= 0.6 is 0 Å². The van der Waals surface area contributed by atoms with Gasteiger partial charge in [-0.25, -0.2) is 4.79 Å². The van der Waals surface area contributed by atoms with Gasteiger partial charge in [0.2, 0.25) is 11.8 Å². The second-order valence-electron chi connectivity index (χ2n) is 7.70. The maximum absolute atomic E-state index is 12.7. The standard InChI is InChI=1S/C24H22N2O5/c1-15-6-10-17(11-7-15)25-21(27)14-31-24(30)16-8-12-18(13-9-16)26-22(28)19-4-2-3-5-20(19)23(26)29/h2-3,6-13,19-20H,4-5,14H2,1H3,(H,25,27)/t19-,20-/m1/s1. The summed E-state index contributed by atoms with van der Waals surface area (Å²) in [5.41, 5.74) is 2.34. The highest BCUT2D eigenvalue weighted by Gasteiger charge is 2.47. The van der Waals surface area contributed by atoms with Gasteiger partial charge in [0, 0.05) is 5.69 Å². The van der Waals surface area contributed by atoms with Crippen LogP contribution in [0.4, 0.5) is 11.4 Å². The summed E-state index contributed by atoms with van der Waals surface area (Å²) in [7, 11) is 0. The number of hydrogen-bond acceptors (Lipinski definition) is 5. The lowest BCUT2D eigenvalue weighted by atomic mass is 9.85. The number of anilines is 2. The number of carbonyl (C=O) groups excluding carboxylic acids is 4. The molecule has 4 rings (SSSR count). The van der Waals surface area contributed by atoms with Crippen LogP contribution in [0, 0.1) is 18.8 Å². The number of esters is 1. The third kappa shape index (κ3) is 4.26. The summed E-state index contributed by atoms with van der Waals surface area (Å²) < 4.78 is 5.06. The highest BCUT2D eigenvalue weighted by Crippen LogP contribution is 2.37. The number of allylic oxidation sites excluding steroid dienone is 2. The third-order valence-corrected chi connectivity index (χ3v) is 5.54. The second-order valence-corrected chi connectivity index (χ2v) is 7.70. The highest BCUT2D eigenvalue weighted by atomic mass is 16.5. The first-order valence-corrected chi connectivity index (χ1v) is 10.1. The number of nitrogens with one attached hydrogen (secondary N) is 1. The number of benzene rings is 2. The normalized spacial score (nSPS) is 19.8. The van der Waals surface area contributed by atoms with Crippen LogP contribution in [0.25, 0.3) is 0 Å². The topological polar surface area (TPSA) is 92.8 Å². The molecule has 158 valence electrons. The number of rotatable bonds is 5. The number of carbonyl (C=O) groups is 4. The van der Waals surface area contributed by atoms with E-state index in [2.05, 4.69) is 5.32 Å². The van der Waals surface area contributed by atoms with Gasteiger partial charge in [-0.2, -0.15) is 0 Å². The van der Waals surface area contributed by atoms with Gasteiger partial charge in [0.1, 0.15) is 0 Å². The number of nitrogens with zero attached hydrogens (tertiary/aromatic N) is 1. The van der Waals surface area contributed by atoms with Gasteiger partial charge in [-0.1, -0.05) is 29.8 Å².